The first-order valence-corrected chi connectivity index (χ1v) is 5.41. The maximum Gasteiger partial charge on any atom is 0.474 e. The van der Waals surface area contributed by atoms with Gasteiger partial charge >= 0.3 is 7.82 Å². The van der Waals surface area contributed by atoms with E-state index in [1.807, 2.05) is 6.92 Å². The number of rotatable bonds is 5. The summed E-state index contributed by atoms with van der Waals surface area (Å²) in [6.07, 6.45) is 0.581. The number of Topliss-reactive ketones (excluding diaryl/α,β-unsaturated/α-hetero) is 1. The molecular weight excluding hydrogens is 207 g/mol. The summed E-state index contributed by atoms with van der Waals surface area (Å²) in [5, 5.41) is 0. The van der Waals surface area contributed by atoms with Gasteiger partial charge < -0.3 is 0 Å². The Morgan fingerprint density at radius 2 is 1.93 bits per heavy atom. The molecule has 0 aliphatic rings. The molecule has 0 aromatic rings. The first-order valence-electron chi connectivity index (χ1n) is 3.95. The Bertz CT molecular complexity index is 280. The molecule has 0 amide bonds. The third-order valence-electron chi connectivity index (χ3n) is 1.21. The third-order valence-corrected chi connectivity index (χ3v) is 2.55. The van der Waals surface area contributed by atoms with Gasteiger partial charge in [0.1, 0.15) is 6.61 Å². The molecule has 0 fully saturated rings. The van der Waals surface area contributed by atoms with Gasteiger partial charge in [-0.3, -0.25) is 18.4 Å². The number of phosphoric acid groups is 1. The SMILES string of the molecule is CCC#CC(=O)COP(=O)(OC)OC. The second-order valence-corrected chi connectivity index (χ2v) is 4.05. The van der Waals surface area contributed by atoms with Gasteiger partial charge in [-0.2, -0.15) is 0 Å². The lowest BCUT2D eigenvalue weighted by Gasteiger charge is -2.11. The molecule has 14 heavy (non-hydrogen) atoms. The highest BCUT2D eigenvalue weighted by molar-refractivity contribution is 7.48. The number of carbonyl (C=O) groups is 1. The topological polar surface area (TPSA) is 61.8 Å². The molecule has 5 nitrogen and oxygen atoms in total. The van der Waals surface area contributed by atoms with E-state index in [9.17, 15) is 9.36 Å². The molecule has 0 bridgehead atoms. The molecule has 0 aromatic carbocycles. The second-order valence-electron chi connectivity index (χ2n) is 2.16. The largest absolute Gasteiger partial charge is 0.474 e. The minimum absolute atomic E-state index is 0.397. The molecule has 6 heteroatoms. The van der Waals surface area contributed by atoms with Crippen molar-refractivity contribution < 1.29 is 22.9 Å². The first-order chi connectivity index (χ1) is 6.58. The third kappa shape index (κ3) is 5.15. The van der Waals surface area contributed by atoms with Crippen LogP contribution in [0, 0.1) is 11.8 Å². The van der Waals surface area contributed by atoms with Crippen LogP contribution in [0.4, 0.5) is 0 Å². The molecular formula is C8H13O5P. The predicted molar refractivity (Wildman–Crippen MR) is 50.7 cm³/mol. The van der Waals surface area contributed by atoms with Crippen molar-refractivity contribution in [1.82, 2.24) is 0 Å². The molecule has 80 valence electrons. The highest BCUT2D eigenvalue weighted by Crippen LogP contribution is 2.47. The molecule has 0 aliphatic carbocycles. The van der Waals surface area contributed by atoms with E-state index in [4.69, 9.17) is 0 Å². The van der Waals surface area contributed by atoms with Crippen molar-refractivity contribution in [3.8, 4) is 11.8 Å². The lowest BCUT2D eigenvalue weighted by Crippen LogP contribution is -2.06. The number of hydrogen-bond donors (Lipinski definition) is 0. The van der Waals surface area contributed by atoms with Crippen LogP contribution in [0.5, 0.6) is 0 Å². The molecule has 0 heterocycles. The van der Waals surface area contributed by atoms with Crippen LogP contribution in [0.3, 0.4) is 0 Å². The van der Waals surface area contributed by atoms with E-state index < -0.39 is 20.2 Å². The zero-order valence-electron chi connectivity index (χ0n) is 8.40. The zero-order chi connectivity index (χ0) is 11.0. The van der Waals surface area contributed by atoms with Crippen LogP contribution in [0.25, 0.3) is 0 Å². The standard InChI is InChI=1S/C8H13O5P/c1-4-5-6-8(9)7-13-14(10,11-2)12-3/h4,7H2,1-3H3. The molecule has 0 saturated carbocycles. The van der Waals surface area contributed by atoms with Gasteiger partial charge in [0.15, 0.2) is 0 Å². The molecule has 0 radical (unpaired) electrons. The Morgan fingerprint density at radius 1 is 1.36 bits per heavy atom. The van der Waals surface area contributed by atoms with Gasteiger partial charge in [-0.15, -0.1) is 0 Å². The minimum Gasteiger partial charge on any atom is -0.290 e. The number of phosphoric ester groups is 1. The van der Waals surface area contributed by atoms with Crippen molar-refractivity contribution in [2.24, 2.45) is 0 Å². The van der Waals surface area contributed by atoms with Gasteiger partial charge in [0, 0.05) is 20.6 Å². The highest BCUT2D eigenvalue weighted by atomic mass is 31.2. The van der Waals surface area contributed by atoms with E-state index >= 15 is 0 Å². The summed E-state index contributed by atoms with van der Waals surface area (Å²) in [4.78, 5) is 10.9. The van der Waals surface area contributed by atoms with Crippen LogP contribution in [0.2, 0.25) is 0 Å². The average Bonchev–Trinajstić information content (AvgIpc) is 2.23. The normalized spacial score (nSPS) is 10.5. The monoisotopic (exact) mass is 220 g/mol. The smallest absolute Gasteiger partial charge is 0.290 e. The average molecular weight is 220 g/mol. The Kier molecular flexibility index (Phi) is 6.43. The fraction of sp³-hybridized carbons (Fsp3) is 0.625. The Labute approximate surface area is 83.3 Å². The van der Waals surface area contributed by atoms with Crippen molar-refractivity contribution in [3.05, 3.63) is 0 Å². The Hall–Kier alpha value is -0.660. The number of carbonyl (C=O) groups excluding carboxylic acids is 1. The molecule has 0 aromatic heterocycles. The van der Waals surface area contributed by atoms with Crippen LogP contribution >= 0.6 is 7.82 Å². The van der Waals surface area contributed by atoms with E-state index in [2.05, 4.69) is 25.4 Å². The maximum absolute atomic E-state index is 11.3. The van der Waals surface area contributed by atoms with Gasteiger partial charge in [-0.25, -0.2) is 4.57 Å². The van der Waals surface area contributed by atoms with E-state index in [1.54, 1.807) is 0 Å². The second kappa shape index (κ2) is 6.74. The fourth-order valence-corrected chi connectivity index (χ4v) is 1.18. The molecule has 0 N–H and O–H groups in total. The van der Waals surface area contributed by atoms with Crippen molar-refractivity contribution in [1.29, 1.82) is 0 Å². The Morgan fingerprint density at radius 3 is 2.36 bits per heavy atom. The summed E-state index contributed by atoms with van der Waals surface area (Å²) < 4.78 is 24.8. The predicted octanol–water partition coefficient (Wildman–Crippen LogP) is 1.39. The summed E-state index contributed by atoms with van der Waals surface area (Å²) in [6.45, 7) is 1.42. The molecule has 0 atom stereocenters. The van der Waals surface area contributed by atoms with Crippen LogP contribution in [0.1, 0.15) is 13.3 Å². The van der Waals surface area contributed by atoms with Crippen molar-refractivity contribution in [3.63, 3.8) is 0 Å². The fourth-order valence-electron chi connectivity index (χ4n) is 0.541. The van der Waals surface area contributed by atoms with Gasteiger partial charge in [0.05, 0.1) is 0 Å². The van der Waals surface area contributed by atoms with E-state index in [1.165, 1.54) is 14.2 Å². The summed E-state index contributed by atoms with van der Waals surface area (Å²) in [6, 6.07) is 0. The van der Waals surface area contributed by atoms with Gasteiger partial charge in [-0.05, 0) is 5.92 Å². The number of ketones is 1. The lowest BCUT2D eigenvalue weighted by molar-refractivity contribution is -0.116. The van der Waals surface area contributed by atoms with Crippen LogP contribution in [-0.2, 0) is 22.9 Å². The van der Waals surface area contributed by atoms with Crippen molar-refractivity contribution in [2.75, 3.05) is 20.8 Å². The molecule has 0 spiro atoms. The summed E-state index contributed by atoms with van der Waals surface area (Å²) >= 11 is 0. The van der Waals surface area contributed by atoms with E-state index in [0.717, 1.165) is 0 Å². The van der Waals surface area contributed by atoms with Gasteiger partial charge in [-0.1, -0.05) is 12.8 Å². The minimum atomic E-state index is -3.56. The van der Waals surface area contributed by atoms with Crippen LogP contribution in [0.15, 0.2) is 0 Å². The van der Waals surface area contributed by atoms with E-state index in [-0.39, 0.29) is 0 Å². The summed E-state index contributed by atoms with van der Waals surface area (Å²) in [5.41, 5.74) is 0. The first kappa shape index (κ1) is 13.3. The molecule has 0 saturated heterocycles. The maximum atomic E-state index is 11.3. The zero-order valence-corrected chi connectivity index (χ0v) is 9.30. The van der Waals surface area contributed by atoms with Gasteiger partial charge in [0.25, 0.3) is 0 Å². The van der Waals surface area contributed by atoms with Gasteiger partial charge in [0.2, 0.25) is 5.78 Å². The quantitative estimate of drug-likeness (QED) is 0.398. The molecule has 0 aliphatic heterocycles. The van der Waals surface area contributed by atoms with Crippen molar-refractivity contribution in [2.45, 2.75) is 13.3 Å². The lowest BCUT2D eigenvalue weighted by atomic mass is 10.4. The number of hydrogen-bond acceptors (Lipinski definition) is 5. The van der Waals surface area contributed by atoms with E-state index in [0.29, 0.717) is 6.42 Å². The highest BCUT2D eigenvalue weighted by Gasteiger charge is 2.23. The van der Waals surface area contributed by atoms with Crippen molar-refractivity contribution >= 4 is 13.6 Å². The summed E-state index contributed by atoms with van der Waals surface area (Å²) in [5.74, 6) is 4.42. The molecule has 0 rings (SSSR count). The summed E-state index contributed by atoms with van der Waals surface area (Å²) in [7, 11) is -1.21. The van der Waals surface area contributed by atoms with Crippen LogP contribution < -0.4 is 0 Å². The van der Waals surface area contributed by atoms with Crippen LogP contribution in [-0.4, -0.2) is 26.6 Å². The Balaban J connectivity index is 4.05. The molecule has 0 unspecified atom stereocenters.